The molecule has 0 saturated heterocycles. The van der Waals surface area contributed by atoms with Crippen molar-refractivity contribution in [1.82, 2.24) is 4.98 Å². The van der Waals surface area contributed by atoms with E-state index in [0.29, 0.717) is 5.69 Å². The quantitative estimate of drug-likeness (QED) is 0.530. The summed E-state index contributed by atoms with van der Waals surface area (Å²) in [7, 11) is 0. The predicted octanol–water partition coefficient (Wildman–Crippen LogP) is 1.19. The standard InChI is InChI=1S/C6H6N2/c1-5-2-6(3-7)8-4-5/h2,4,8H,1H3. The Balaban J connectivity index is 3.05. The van der Waals surface area contributed by atoms with Crippen LogP contribution in [0.5, 0.6) is 0 Å². The number of aromatic amines is 1. The number of hydrogen-bond donors (Lipinski definition) is 1. The number of aromatic nitrogens is 1. The predicted molar refractivity (Wildman–Crippen MR) is 30.2 cm³/mol. The highest BCUT2D eigenvalue weighted by atomic mass is 14.7. The van der Waals surface area contributed by atoms with Crippen LogP contribution in [0.2, 0.25) is 0 Å². The molecule has 0 fully saturated rings. The molecule has 1 aromatic heterocycles. The average Bonchev–Trinajstić information content (AvgIpc) is 2.14. The summed E-state index contributed by atoms with van der Waals surface area (Å²) in [5.41, 5.74) is 1.73. The lowest BCUT2D eigenvalue weighted by Gasteiger charge is -1.68. The maximum absolute atomic E-state index is 8.27. The molecule has 1 N–H and O–H groups in total. The second-order valence-electron chi connectivity index (χ2n) is 1.70. The van der Waals surface area contributed by atoms with Crippen LogP contribution in [0, 0.1) is 18.3 Å². The van der Waals surface area contributed by atoms with E-state index in [9.17, 15) is 0 Å². The normalized spacial score (nSPS) is 8.50. The maximum Gasteiger partial charge on any atom is 0.117 e. The Kier molecular flexibility index (Phi) is 1.05. The van der Waals surface area contributed by atoms with E-state index in [2.05, 4.69) is 4.98 Å². The van der Waals surface area contributed by atoms with Crippen molar-refractivity contribution in [3.8, 4) is 6.07 Å². The van der Waals surface area contributed by atoms with Crippen LogP contribution in [0.15, 0.2) is 12.3 Å². The van der Waals surface area contributed by atoms with Gasteiger partial charge in [-0.05, 0) is 18.6 Å². The molecule has 0 aromatic carbocycles. The topological polar surface area (TPSA) is 39.6 Å². The Morgan fingerprint density at radius 3 is 2.75 bits per heavy atom. The molecule has 0 unspecified atom stereocenters. The van der Waals surface area contributed by atoms with E-state index >= 15 is 0 Å². The van der Waals surface area contributed by atoms with Crippen LogP contribution < -0.4 is 0 Å². The molecule has 0 saturated carbocycles. The molecule has 0 aliphatic heterocycles. The first-order valence-electron chi connectivity index (χ1n) is 2.38. The van der Waals surface area contributed by atoms with E-state index in [1.165, 1.54) is 0 Å². The van der Waals surface area contributed by atoms with Crippen molar-refractivity contribution in [2.24, 2.45) is 0 Å². The molecule has 0 amide bonds. The summed E-state index contributed by atoms with van der Waals surface area (Å²) in [5.74, 6) is 0. The Morgan fingerprint density at radius 1 is 1.75 bits per heavy atom. The van der Waals surface area contributed by atoms with Crippen molar-refractivity contribution in [2.45, 2.75) is 6.92 Å². The summed E-state index contributed by atoms with van der Waals surface area (Å²) in [6.45, 7) is 1.94. The van der Waals surface area contributed by atoms with Gasteiger partial charge in [-0.2, -0.15) is 5.26 Å². The van der Waals surface area contributed by atoms with Gasteiger partial charge in [0.05, 0.1) is 0 Å². The SMILES string of the molecule is Cc1c[nH]c(C#N)c1. The molecular formula is C6H6N2. The van der Waals surface area contributed by atoms with Crippen molar-refractivity contribution in [2.75, 3.05) is 0 Å². The molecule has 8 heavy (non-hydrogen) atoms. The highest BCUT2D eigenvalue weighted by Gasteiger charge is 1.88. The third kappa shape index (κ3) is 0.710. The first kappa shape index (κ1) is 4.92. The number of nitrogens with one attached hydrogen (secondary N) is 1. The Morgan fingerprint density at radius 2 is 2.50 bits per heavy atom. The van der Waals surface area contributed by atoms with Crippen LogP contribution in [-0.2, 0) is 0 Å². The summed E-state index contributed by atoms with van der Waals surface area (Å²) >= 11 is 0. The van der Waals surface area contributed by atoms with Gasteiger partial charge in [-0.1, -0.05) is 0 Å². The fraction of sp³-hybridized carbons (Fsp3) is 0.167. The first-order chi connectivity index (χ1) is 3.83. The molecule has 1 aromatic rings. The summed E-state index contributed by atoms with van der Waals surface area (Å²) in [5, 5.41) is 8.27. The van der Waals surface area contributed by atoms with Gasteiger partial charge in [-0.15, -0.1) is 0 Å². The molecule has 0 radical (unpaired) electrons. The Labute approximate surface area is 47.8 Å². The second kappa shape index (κ2) is 1.71. The number of nitrogens with zero attached hydrogens (tertiary/aromatic N) is 1. The zero-order valence-corrected chi connectivity index (χ0v) is 4.60. The highest BCUT2D eigenvalue weighted by molar-refractivity contribution is 5.25. The van der Waals surface area contributed by atoms with Gasteiger partial charge in [0, 0.05) is 6.20 Å². The lowest BCUT2D eigenvalue weighted by molar-refractivity contribution is 1.33. The summed E-state index contributed by atoms with van der Waals surface area (Å²) in [6.07, 6.45) is 1.80. The van der Waals surface area contributed by atoms with E-state index in [4.69, 9.17) is 5.26 Å². The smallest absolute Gasteiger partial charge is 0.117 e. The van der Waals surface area contributed by atoms with Crippen LogP contribution in [0.25, 0.3) is 0 Å². The minimum Gasteiger partial charge on any atom is -0.353 e. The summed E-state index contributed by atoms with van der Waals surface area (Å²) in [4.78, 5) is 2.79. The molecule has 1 rings (SSSR count). The largest absolute Gasteiger partial charge is 0.353 e. The molecule has 0 bridgehead atoms. The Bertz CT molecular complexity index is 217. The lowest BCUT2D eigenvalue weighted by Crippen LogP contribution is -1.64. The van der Waals surface area contributed by atoms with E-state index < -0.39 is 0 Å². The van der Waals surface area contributed by atoms with Gasteiger partial charge < -0.3 is 4.98 Å². The molecule has 0 spiro atoms. The van der Waals surface area contributed by atoms with Gasteiger partial charge in [0.25, 0.3) is 0 Å². The zero-order chi connectivity index (χ0) is 5.98. The third-order valence-electron chi connectivity index (χ3n) is 0.948. The van der Waals surface area contributed by atoms with Crippen LogP contribution in [0.1, 0.15) is 11.3 Å². The van der Waals surface area contributed by atoms with Crippen molar-refractivity contribution in [3.05, 3.63) is 23.5 Å². The van der Waals surface area contributed by atoms with Crippen molar-refractivity contribution < 1.29 is 0 Å². The van der Waals surface area contributed by atoms with Crippen molar-refractivity contribution >= 4 is 0 Å². The van der Waals surface area contributed by atoms with Gasteiger partial charge in [0.15, 0.2) is 0 Å². The van der Waals surface area contributed by atoms with Crippen molar-refractivity contribution in [3.63, 3.8) is 0 Å². The number of nitriles is 1. The zero-order valence-electron chi connectivity index (χ0n) is 4.60. The average molecular weight is 106 g/mol. The Hall–Kier alpha value is -1.23. The second-order valence-corrected chi connectivity index (χ2v) is 1.70. The number of rotatable bonds is 0. The molecule has 0 atom stereocenters. The van der Waals surface area contributed by atoms with Gasteiger partial charge in [-0.25, -0.2) is 0 Å². The monoisotopic (exact) mass is 106 g/mol. The molecule has 2 heteroatoms. The van der Waals surface area contributed by atoms with E-state index in [1.54, 1.807) is 12.3 Å². The van der Waals surface area contributed by atoms with Gasteiger partial charge >= 0.3 is 0 Å². The minimum absolute atomic E-state index is 0.627. The minimum atomic E-state index is 0.627. The molecule has 0 aliphatic rings. The fourth-order valence-corrected chi connectivity index (χ4v) is 0.567. The number of hydrogen-bond acceptors (Lipinski definition) is 1. The molecule has 40 valence electrons. The third-order valence-corrected chi connectivity index (χ3v) is 0.948. The number of H-pyrrole nitrogens is 1. The van der Waals surface area contributed by atoms with Crippen LogP contribution in [-0.4, -0.2) is 4.98 Å². The van der Waals surface area contributed by atoms with E-state index in [1.807, 2.05) is 13.0 Å². The highest BCUT2D eigenvalue weighted by Crippen LogP contribution is 1.97. The van der Waals surface area contributed by atoms with E-state index in [-0.39, 0.29) is 0 Å². The summed E-state index contributed by atoms with van der Waals surface area (Å²) < 4.78 is 0. The van der Waals surface area contributed by atoms with Gasteiger partial charge in [0.2, 0.25) is 0 Å². The van der Waals surface area contributed by atoms with Crippen LogP contribution in [0.3, 0.4) is 0 Å². The first-order valence-corrected chi connectivity index (χ1v) is 2.38. The molecule has 0 aliphatic carbocycles. The maximum atomic E-state index is 8.27. The van der Waals surface area contributed by atoms with Crippen LogP contribution >= 0.6 is 0 Å². The fourth-order valence-electron chi connectivity index (χ4n) is 0.567. The van der Waals surface area contributed by atoms with Gasteiger partial charge in [-0.3, -0.25) is 0 Å². The molecule has 2 nitrogen and oxygen atoms in total. The number of aryl methyl sites for hydroxylation is 1. The van der Waals surface area contributed by atoms with Crippen LogP contribution in [0.4, 0.5) is 0 Å². The molecular weight excluding hydrogens is 100 g/mol. The van der Waals surface area contributed by atoms with E-state index in [0.717, 1.165) is 5.56 Å². The van der Waals surface area contributed by atoms with Gasteiger partial charge in [0.1, 0.15) is 11.8 Å². The van der Waals surface area contributed by atoms with Crippen molar-refractivity contribution in [1.29, 1.82) is 5.26 Å². The molecule has 1 heterocycles. The summed E-state index contributed by atoms with van der Waals surface area (Å²) in [6, 6.07) is 3.80. The lowest BCUT2D eigenvalue weighted by atomic mass is 10.3.